The second-order valence-electron chi connectivity index (χ2n) is 3.62. The molecular weight excluding hydrogens is 200 g/mol. The monoisotopic (exact) mass is 214 g/mol. The third-order valence-electron chi connectivity index (χ3n) is 2.57. The van der Waals surface area contributed by atoms with Crippen LogP contribution in [0.5, 0.6) is 0 Å². The third-order valence-corrected chi connectivity index (χ3v) is 2.57. The van der Waals surface area contributed by atoms with E-state index in [4.69, 9.17) is 22.9 Å². The molecule has 8 N–H and O–H groups in total. The van der Waals surface area contributed by atoms with Crippen LogP contribution in [-0.4, -0.2) is 0 Å². The first-order valence-corrected chi connectivity index (χ1v) is 4.89. The van der Waals surface area contributed by atoms with Gasteiger partial charge in [0.15, 0.2) is 0 Å². The lowest BCUT2D eigenvalue weighted by Gasteiger charge is -2.13. The Balaban J connectivity index is 2.68. The Morgan fingerprint density at radius 2 is 1.31 bits per heavy atom. The first-order chi connectivity index (χ1) is 7.61. The molecule has 0 saturated carbocycles. The maximum atomic E-state index is 5.92. The Morgan fingerprint density at radius 3 is 1.94 bits per heavy atom. The predicted octanol–water partition coefficient (Wildman–Crippen LogP) is 1.68. The van der Waals surface area contributed by atoms with E-state index in [1.807, 2.05) is 30.3 Å². The van der Waals surface area contributed by atoms with Gasteiger partial charge in [-0.1, -0.05) is 30.3 Å². The molecule has 0 heterocycles. The van der Waals surface area contributed by atoms with Crippen LogP contribution in [0.4, 0.5) is 22.7 Å². The van der Waals surface area contributed by atoms with Gasteiger partial charge in [0.2, 0.25) is 0 Å². The molecule has 0 aliphatic rings. The van der Waals surface area contributed by atoms with Gasteiger partial charge in [-0.3, -0.25) is 0 Å². The lowest BCUT2D eigenvalue weighted by molar-refractivity contribution is 1.59. The lowest BCUT2D eigenvalue weighted by Crippen LogP contribution is -2.05. The van der Waals surface area contributed by atoms with Gasteiger partial charge in [-0.25, -0.2) is 0 Å². The minimum absolute atomic E-state index is 0.345. The van der Waals surface area contributed by atoms with Gasteiger partial charge >= 0.3 is 0 Å². The largest absolute Gasteiger partial charge is 0.397 e. The van der Waals surface area contributed by atoms with E-state index in [0.717, 1.165) is 11.1 Å². The molecule has 0 spiro atoms. The standard InChI is InChI=1S/C12H14N4/c13-9-6-8(7-4-2-1-3-5-7)10(14)12(16)11(9)15/h1-6H,13-16H2. The molecule has 0 fully saturated rings. The number of hydrogen-bond acceptors (Lipinski definition) is 4. The van der Waals surface area contributed by atoms with Crippen LogP contribution >= 0.6 is 0 Å². The molecule has 82 valence electrons. The van der Waals surface area contributed by atoms with Crippen LogP contribution in [0.15, 0.2) is 36.4 Å². The Labute approximate surface area is 93.8 Å². The molecule has 2 rings (SSSR count). The highest BCUT2D eigenvalue weighted by Gasteiger charge is 2.10. The third kappa shape index (κ3) is 1.50. The van der Waals surface area contributed by atoms with E-state index >= 15 is 0 Å². The zero-order valence-electron chi connectivity index (χ0n) is 8.77. The quantitative estimate of drug-likeness (QED) is 0.542. The highest BCUT2D eigenvalue weighted by Crippen LogP contribution is 2.37. The SMILES string of the molecule is Nc1cc(-c2ccccc2)c(N)c(N)c1N. The Bertz CT molecular complexity index is 520. The maximum absolute atomic E-state index is 5.92. The average Bonchev–Trinajstić information content (AvgIpc) is 2.32. The summed E-state index contributed by atoms with van der Waals surface area (Å²) < 4.78 is 0. The molecule has 2 aromatic rings. The van der Waals surface area contributed by atoms with Gasteiger partial charge in [0.25, 0.3) is 0 Å². The van der Waals surface area contributed by atoms with Gasteiger partial charge in [0.1, 0.15) is 0 Å². The van der Waals surface area contributed by atoms with E-state index in [9.17, 15) is 0 Å². The molecule has 0 bridgehead atoms. The first kappa shape index (κ1) is 10.2. The summed E-state index contributed by atoms with van der Waals surface area (Å²) in [5.41, 5.74) is 26.6. The molecule has 0 amide bonds. The summed E-state index contributed by atoms with van der Waals surface area (Å²) in [6.07, 6.45) is 0. The van der Waals surface area contributed by atoms with E-state index in [1.165, 1.54) is 0 Å². The van der Waals surface area contributed by atoms with Gasteiger partial charge in [-0.15, -0.1) is 0 Å². The van der Waals surface area contributed by atoms with Crippen molar-refractivity contribution in [1.29, 1.82) is 0 Å². The van der Waals surface area contributed by atoms with Crippen molar-refractivity contribution < 1.29 is 0 Å². The summed E-state index contributed by atoms with van der Waals surface area (Å²) in [5.74, 6) is 0. The molecule has 0 aromatic heterocycles. The lowest BCUT2D eigenvalue weighted by atomic mass is 10.0. The molecule has 2 aromatic carbocycles. The summed E-state index contributed by atoms with van der Waals surface area (Å²) in [6, 6.07) is 11.4. The van der Waals surface area contributed by atoms with Crippen molar-refractivity contribution in [2.45, 2.75) is 0 Å². The number of benzene rings is 2. The second-order valence-corrected chi connectivity index (χ2v) is 3.62. The van der Waals surface area contributed by atoms with E-state index in [-0.39, 0.29) is 0 Å². The Kier molecular flexibility index (Phi) is 2.32. The summed E-state index contributed by atoms with van der Waals surface area (Å²) in [6.45, 7) is 0. The van der Waals surface area contributed by atoms with Gasteiger partial charge < -0.3 is 22.9 Å². The van der Waals surface area contributed by atoms with E-state index in [0.29, 0.717) is 22.7 Å². The van der Waals surface area contributed by atoms with Crippen molar-refractivity contribution in [3.05, 3.63) is 36.4 Å². The van der Waals surface area contributed by atoms with Crippen molar-refractivity contribution in [2.24, 2.45) is 0 Å². The van der Waals surface area contributed by atoms with Crippen molar-refractivity contribution >= 4 is 22.7 Å². The summed E-state index contributed by atoms with van der Waals surface area (Å²) >= 11 is 0. The van der Waals surface area contributed by atoms with E-state index in [2.05, 4.69) is 0 Å². The fraction of sp³-hybridized carbons (Fsp3) is 0. The Hall–Kier alpha value is -2.36. The molecule has 4 heteroatoms. The van der Waals surface area contributed by atoms with Crippen molar-refractivity contribution in [3.63, 3.8) is 0 Å². The summed E-state index contributed by atoms with van der Waals surface area (Å²) in [4.78, 5) is 0. The van der Waals surface area contributed by atoms with Crippen LogP contribution in [0.2, 0.25) is 0 Å². The van der Waals surface area contributed by atoms with Crippen LogP contribution in [-0.2, 0) is 0 Å². The molecular formula is C12H14N4. The molecule has 0 aliphatic heterocycles. The maximum Gasteiger partial charge on any atom is 0.0809 e. The van der Waals surface area contributed by atoms with Crippen LogP contribution < -0.4 is 22.9 Å². The number of anilines is 4. The normalized spacial score (nSPS) is 10.2. The number of hydrogen-bond donors (Lipinski definition) is 4. The minimum Gasteiger partial charge on any atom is -0.397 e. The smallest absolute Gasteiger partial charge is 0.0809 e. The van der Waals surface area contributed by atoms with Gasteiger partial charge in [0, 0.05) is 5.56 Å². The predicted molar refractivity (Wildman–Crippen MR) is 69.5 cm³/mol. The number of nitrogens with two attached hydrogens (primary N) is 4. The zero-order valence-corrected chi connectivity index (χ0v) is 8.77. The average molecular weight is 214 g/mol. The van der Waals surface area contributed by atoms with E-state index in [1.54, 1.807) is 6.07 Å². The number of nitrogen functional groups attached to an aromatic ring is 4. The fourth-order valence-electron chi connectivity index (χ4n) is 1.61. The van der Waals surface area contributed by atoms with Crippen molar-refractivity contribution in [3.8, 4) is 11.1 Å². The molecule has 4 nitrogen and oxygen atoms in total. The fourth-order valence-corrected chi connectivity index (χ4v) is 1.61. The van der Waals surface area contributed by atoms with Crippen LogP contribution in [0.3, 0.4) is 0 Å². The molecule has 0 aliphatic carbocycles. The molecule has 0 atom stereocenters. The summed E-state index contributed by atoms with van der Waals surface area (Å²) in [5, 5.41) is 0. The van der Waals surface area contributed by atoms with Gasteiger partial charge in [0.05, 0.1) is 22.7 Å². The second kappa shape index (κ2) is 3.66. The molecule has 16 heavy (non-hydrogen) atoms. The van der Waals surface area contributed by atoms with Crippen molar-refractivity contribution in [2.75, 3.05) is 22.9 Å². The van der Waals surface area contributed by atoms with E-state index < -0.39 is 0 Å². The van der Waals surface area contributed by atoms with Gasteiger partial charge in [-0.05, 0) is 11.6 Å². The minimum atomic E-state index is 0.345. The Morgan fingerprint density at radius 1 is 0.688 bits per heavy atom. The molecule has 0 saturated heterocycles. The van der Waals surface area contributed by atoms with Gasteiger partial charge in [-0.2, -0.15) is 0 Å². The van der Waals surface area contributed by atoms with Crippen LogP contribution in [0.25, 0.3) is 11.1 Å². The first-order valence-electron chi connectivity index (χ1n) is 4.89. The molecule has 0 radical (unpaired) electrons. The molecule has 0 unspecified atom stereocenters. The highest BCUT2D eigenvalue weighted by atomic mass is 14.8. The highest BCUT2D eigenvalue weighted by molar-refractivity contribution is 5.96. The number of rotatable bonds is 1. The van der Waals surface area contributed by atoms with Crippen LogP contribution in [0.1, 0.15) is 0 Å². The topological polar surface area (TPSA) is 104 Å². The summed E-state index contributed by atoms with van der Waals surface area (Å²) in [7, 11) is 0. The van der Waals surface area contributed by atoms with Crippen LogP contribution in [0, 0.1) is 0 Å². The zero-order chi connectivity index (χ0) is 11.7. The van der Waals surface area contributed by atoms with Crippen molar-refractivity contribution in [1.82, 2.24) is 0 Å².